The van der Waals surface area contributed by atoms with E-state index in [1.807, 2.05) is 19.1 Å². The van der Waals surface area contributed by atoms with Gasteiger partial charge in [-0.3, -0.25) is 14.6 Å². The van der Waals surface area contributed by atoms with E-state index in [2.05, 4.69) is 4.98 Å². The van der Waals surface area contributed by atoms with E-state index in [0.717, 1.165) is 12.0 Å². The second-order valence-electron chi connectivity index (χ2n) is 3.22. The predicted octanol–water partition coefficient (Wildman–Crippen LogP) is 1.77. The molecule has 0 spiro atoms. The molecule has 0 aliphatic rings. The molecule has 0 aromatic carbocycles. The minimum Gasteiger partial charge on any atom is -0.274 e. The highest BCUT2D eigenvalue weighted by atomic mass is 16.7. The molecule has 4 heteroatoms. The lowest BCUT2D eigenvalue weighted by atomic mass is 10.2. The molecular formula is C11H16N2O2. The number of amides is 1. The van der Waals surface area contributed by atoms with Crippen LogP contribution >= 0.6 is 0 Å². The Bertz CT molecular complexity index is 301. The molecule has 82 valence electrons. The second-order valence-corrected chi connectivity index (χ2v) is 3.22. The molecule has 0 aliphatic heterocycles. The zero-order chi connectivity index (χ0) is 11.1. The third-order valence-electron chi connectivity index (χ3n) is 2.01. The maximum absolute atomic E-state index is 11.6. The first-order chi connectivity index (χ1) is 7.27. The normalized spacial score (nSPS) is 10.0. The molecule has 0 bridgehead atoms. The summed E-state index contributed by atoms with van der Waals surface area (Å²) in [6, 6.07) is 3.76. The van der Waals surface area contributed by atoms with E-state index in [1.165, 1.54) is 12.2 Å². The molecule has 0 atom stereocenters. The van der Waals surface area contributed by atoms with E-state index in [1.54, 1.807) is 12.4 Å². The fourth-order valence-electron chi connectivity index (χ4n) is 1.25. The maximum atomic E-state index is 11.6. The maximum Gasteiger partial charge on any atom is 0.246 e. The Hall–Kier alpha value is -1.42. The van der Waals surface area contributed by atoms with Gasteiger partial charge in [-0.25, -0.2) is 5.06 Å². The molecule has 1 rings (SSSR count). The van der Waals surface area contributed by atoms with Crippen LogP contribution in [0.15, 0.2) is 24.5 Å². The molecule has 1 aromatic rings. The molecule has 4 nitrogen and oxygen atoms in total. The van der Waals surface area contributed by atoms with Gasteiger partial charge in [0.15, 0.2) is 0 Å². The second kappa shape index (κ2) is 6.14. The van der Waals surface area contributed by atoms with Crippen LogP contribution < -0.4 is 0 Å². The average molecular weight is 208 g/mol. The van der Waals surface area contributed by atoms with Crippen LogP contribution in [-0.2, 0) is 16.2 Å². The third-order valence-corrected chi connectivity index (χ3v) is 2.01. The van der Waals surface area contributed by atoms with E-state index in [9.17, 15) is 4.79 Å². The van der Waals surface area contributed by atoms with Crippen LogP contribution in [0.25, 0.3) is 0 Å². The molecule has 0 N–H and O–H groups in total. The van der Waals surface area contributed by atoms with Crippen molar-refractivity contribution in [2.75, 3.05) is 7.11 Å². The number of carbonyl (C=O) groups is 1. The lowest BCUT2D eigenvalue weighted by molar-refractivity contribution is -0.179. The van der Waals surface area contributed by atoms with Gasteiger partial charge < -0.3 is 0 Å². The summed E-state index contributed by atoms with van der Waals surface area (Å²) in [5, 5.41) is 1.36. The summed E-state index contributed by atoms with van der Waals surface area (Å²) >= 11 is 0. The van der Waals surface area contributed by atoms with Gasteiger partial charge in [0.25, 0.3) is 0 Å². The summed E-state index contributed by atoms with van der Waals surface area (Å²) in [7, 11) is 1.50. The number of hydrogen-bond acceptors (Lipinski definition) is 3. The Morgan fingerprint density at radius 2 is 2.40 bits per heavy atom. The first-order valence-electron chi connectivity index (χ1n) is 5.01. The number of hydrogen-bond donors (Lipinski definition) is 0. The van der Waals surface area contributed by atoms with Crippen LogP contribution in [0.3, 0.4) is 0 Å². The van der Waals surface area contributed by atoms with E-state index >= 15 is 0 Å². The lowest BCUT2D eigenvalue weighted by Gasteiger charge is -2.19. The number of carbonyl (C=O) groups excluding carboxylic acids is 1. The van der Waals surface area contributed by atoms with Crippen LogP contribution in [0.1, 0.15) is 25.3 Å². The van der Waals surface area contributed by atoms with Crippen LogP contribution in [0.5, 0.6) is 0 Å². The van der Waals surface area contributed by atoms with Gasteiger partial charge in [-0.05, 0) is 18.1 Å². The first-order valence-corrected chi connectivity index (χ1v) is 5.01. The fraction of sp³-hybridized carbons (Fsp3) is 0.455. The summed E-state index contributed by atoms with van der Waals surface area (Å²) in [4.78, 5) is 20.6. The van der Waals surface area contributed by atoms with Crippen molar-refractivity contribution in [1.29, 1.82) is 0 Å². The highest BCUT2D eigenvalue weighted by molar-refractivity contribution is 5.74. The van der Waals surface area contributed by atoms with E-state index in [4.69, 9.17) is 4.84 Å². The molecule has 1 aromatic heterocycles. The van der Waals surface area contributed by atoms with E-state index in [-0.39, 0.29) is 5.91 Å². The molecule has 0 fully saturated rings. The quantitative estimate of drug-likeness (QED) is 0.692. The van der Waals surface area contributed by atoms with Gasteiger partial charge in [-0.2, -0.15) is 0 Å². The van der Waals surface area contributed by atoms with E-state index in [0.29, 0.717) is 13.0 Å². The summed E-state index contributed by atoms with van der Waals surface area (Å²) in [5.41, 5.74) is 0.962. The molecule has 0 aliphatic carbocycles. The van der Waals surface area contributed by atoms with Crippen LogP contribution in [0.4, 0.5) is 0 Å². The summed E-state index contributed by atoms with van der Waals surface area (Å²) in [5.74, 6) is 0.00357. The van der Waals surface area contributed by atoms with Crippen molar-refractivity contribution in [2.24, 2.45) is 0 Å². The number of aromatic nitrogens is 1. The molecule has 0 unspecified atom stereocenters. The average Bonchev–Trinajstić information content (AvgIpc) is 2.27. The molecule has 1 amide bonds. The topological polar surface area (TPSA) is 42.4 Å². The van der Waals surface area contributed by atoms with Gasteiger partial charge >= 0.3 is 0 Å². The monoisotopic (exact) mass is 208 g/mol. The number of pyridine rings is 1. The Morgan fingerprint density at radius 1 is 1.60 bits per heavy atom. The zero-order valence-electron chi connectivity index (χ0n) is 9.14. The highest BCUT2D eigenvalue weighted by Gasteiger charge is 2.12. The Labute approximate surface area is 89.8 Å². The van der Waals surface area contributed by atoms with Crippen molar-refractivity contribution < 1.29 is 9.63 Å². The van der Waals surface area contributed by atoms with Crippen molar-refractivity contribution in [3.05, 3.63) is 30.1 Å². The van der Waals surface area contributed by atoms with Crippen molar-refractivity contribution in [3.8, 4) is 0 Å². The van der Waals surface area contributed by atoms with Gasteiger partial charge in [-0.1, -0.05) is 13.0 Å². The summed E-state index contributed by atoms with van der Waals surface area (Å²) < 4.78 is 0. The van der Waals surface area contributed by atoms with Crippen LogP contribution in [0, 0.1) is 0 Å². The smallest absolute Gasteiger partial charge is 0.246 e. The van der Waals surface area contributed by atoms with Crippen molar-refractivity contribution >= 4 is 5.91 Å². The lowest BCUT2D eigenvalue weighted by Crippen LogP contribution is -2.29. The van der Waals surface area contributed by atoms with Gasteiger partial charge in [-0.15, -0.1) is 0 Å². The minimum atomic E-state index is 0.00357. The molecular weight excluding hydrogens is 192 g/mol. The van der Waals surface area contributed by atoms with Gasteiger partial charge in [0.1, 0.15) is 0 Å². The highest BCUT2D eigenvalue weighted by Crippen LogP contribution is 2.05. The molecule has 0 saturated carbocycles. The first kappa shape index (κ1) is 11.7. The van der Waals surface area contributed by atoms with Crippen molar-refractivity contribution in [1.82, 2.24) is 10.0 Å². The van der Waals surface area contributed by atoms with Crippen LogP contribution in [0.2, 0.25) is 0 Å². The van der Waals surface area contributed by atoms with Gasteiger partial charge in [0.05, 0.1) is 13.7 Å². The SMILES string of the molecule is CCCC(=O)N(Cc1cccnc1)OC. The number of hydroxylamine groups is 2. The number of nitrogens with zero attached hydrogens (tertiary/aromatic N) is 2. The zero-order valence-corrected chi connectivity index (χ0v) is 9.14. The summed E-state index contributed by atoms with van der Waals surface area (Å²) in [6.45, 7) is 2.42. The van der Waals surface area contributed by atoms with Gasteiger partial charge in [0, 0.05) is 18.8 Å². The van der Waals surface area contributed by atoms with E-state index < -0.39 is 0 Å². The summed E-state index contributed by atoms with van der Waals surface area (Å²) in [6.07, 6.45) is 4.76. The third kappa shape index (κ3) is 3.67. The Kier molecular flexibility index (Phi) is 4.77. The predicted molar refractivity (Wildman–Crippen MR) is 56.7 cm³/mol. The molecule has 15 heavy (non-hydrogen) atoms. The largest absolute Gasteiger partial charge is 0.274 e. The van der Waals surface area contributed by atoms with Crippen LogP contribution in [-0.4, -0.2) is 23.1 Å². The van der Waals surface area contributed by atoms with Crippen molar-refractivity contribution in [3.63, 3.8) is 0 Å². The Balaban J connectivity index is 2.58. The molecule has 1 heterocycles. The molecule has 0 radical (unpaired) electrons. The molecule has 0 saturated heterocycles. The fourth-order valence-corrected chi connectivity index (χ4v) is 1.25. The van der Waals surface area contributed by atoms with Crippen molar-refractivity contribution in [2.45, 2.75) is 26.3 Å². The van der Waals surface area contributed by atoms with Gasteiger partial charge in [0.2, 0.25) is 5.91 Å². The standard InChI is InChI=1S/C11H16N2O2/c1-3-5-11(14)13(15-2)9-10-6-4-7-12-8-10/h4,6-8H,3,5,9H2,1-2H3. The number of rotatable bonds is 5. The Morgan fingerprint density at radius 3 is 2.93 bits per heavy atom. The minimum absolute atomic E-state index is 0.00357.